The molecule has 0 aromatic heterocycles. The second-order valence-corrected chi connectivity index (χ2v) is 24.3. The van der Waals surface area contributed by atoms with Crippen LogP contribution < -0.4 is 5.32 Å². The first-order valence-electron chi connectivity index (χ1n) is 34.4. The summed E-state index contributed by atoms with van der Waals surface area (Å²) in [5, 5.41) is 54.8. The molecule has 1 aliphatic rings. The van der Waals surface area contributed by atoms with E-state index in [2.05, 4.69) is 31.3 Å². The maximum atomic E-state index is 13.1. The average Bonchev–Trinajstić information content (AvgIpc) is 3.43. The van der Waals surface area contributed by atoms with Crippen molar-refractivity contribution in [3.05, 3.63) is 12.2 Å². The number of hydrogen-bond donors (Lipinski definition) is 6. The van der Waals surface area contributed by atoms with Gasteiger partial charge in [-0.3, -0.25) is 4.79 Å². The van der Waals surface area contributed by atoms with Gasteiger partial charge in [-0.1, -0.05) is 328 Å². The van der Waals surface area contributed by atoms with Crippen LogP contribution >= 0.6 is 0 Å². The number of carbonyl (C=O) groups is 1. The number of nitrogens with one attached hydrogen (secondary N) is 1. The van der Waals surface area contributed by atoms with Crippen LogP contribution in [0.25, 0.3) is 0 Å². The largest absolute Gasteiger partial charge is 0.394 e. The highest BCUT2D eigenvalue weighted by atomic mass is 16.7. The van der Waals surface area contributed by atoms with Gasteiger partial charge in [0.1, 0.15) is 24.4 Å². The summed E-state index contributed by atoms with van der Waals surface area (Å²) in [6.07, 6.45) is 67.1. The van der Waals surface area contributed by atoms with Gasteiger partial charge >= 0.3 is 0 Å². The van der Waals surface area contributed by atoms with E-state index in [1.54, 1.807) is 0 Å². The van der Waals surface area contributed by atoms with E-state index in [9.17, 15) is 30.3 Å². The second kappa shape index (κ2) is 58.1. The Morgan fingerprint density at radius 3 is 1.05 bits per heavy atom. The van der Waals surface area contributed by atoms with E-state index in [-0.39, 0.29) is 12.5 Å². The summed E-state index contributed by atoms with van der Waals surface area (Å²) in [6.45, 7) is 3.89. The Labute approximate surface area is 477 Å². The van der Waals surface area contributed by atoms with Crippen LogP contribution in [0.15, 0.2) is 12.2 Å². The predicted octanol–water partition coefficient (Wildman–Crippen LogP) is 18.3. The lowest BCUT2D eigenvalue weighted by Gasteiger charge is -2.40. The lowest BCUT2D eigenvalue weighted by molar-refractivity contribution is -0.302. The zero-order valence-electron chi connectivity index (χ0n) is 51.3. The maximum Gasteiger partial charge on any atom is 0.220 e. The van der Waals surface area contributed by atoms with Crippen molar-refractivity contribution in [2.75, 3.05) is 13.2 Å². The molecule has 77 heavy (non-hydrogen) atoms. The Kier molecular flexibility index (Phi) is 55.8. The summed E-state index contributed by atoms with van der Waals surface area (Å²) in [4.78, 5) is 13.1. The fraction of sp³-hybridized carbons (Fsp3) is 0.956. The molecule has 1 saturated heterocycles. The molecule has 0 aliphatic carbocycles. The zero-order chi connectivity index (χ0) is 55.8. The molecule has 1 aliphatic heterocycles. The Bertz CT molecular complexity index is 1220. The molecule has 0 aromatic carbocycles. The van der Waals surface area contributed by atoms with Crippen molar-refractivity contribution in [2.24, 2.45) is 0 Å². The van der Waals surface area contributed by atoms with Crippen molar-refractivity contribution in [3.8, 4) is 0 Å². The van der Waals surface area contributed by atoms with Crippen molar-refractivity contribution >= 4 is 5.91 Å². The van der Waals surface area contributed by atoms with Gasteiger partial charge in [-0.25, -0.2) is 0 Å². The van der Waals surface area contributed by atoms with Crippen LogP contribution in [0.5, 0.6) is 0 Å². The van der Waals surface area contributed by atoms with Gasteiger partial charge in [0.25, 0.3) is 0 Å². The Balaban J connectivity index is 2.06. The zero-order valence-corrected chi connectivity index (χ0v) is 51.3. The normalized spacial score (nSPS) is 18.7. The fourth-order valence-electron chi connectivity index (χ4n) is 11.5. The van der Waals surface area contributed by atoms with E-state index in [1.807, 2.05) is 0 Å². The molecule has 9 heteroatoms. The number of unbranched alkanes of at least 4 members (excludes halogenated alkanes) is 49. The third-order valence-electron chi connectivity index (χ3n) is 16.9. The molecule has 6 N–H and O–H groups in total. The van der Waals surface area contributed by atoms with Crippen LogP contribution in [0, 0.1) is 0 Å². The lowest BCUT2D eigenvalue weighted by Crippen LogP contribution is -2.60. The summed E-state index contributed by atoms with van der Waals surface area (Å²) in [5.74, 6) is -0.135. The smallest absolute Gasteiger partial charge is 0.220 e. The first-order chi connectivity index (χ1) is 37.8. The summed E-state index contributed by atoms with van der Waals surface area (Å²) >= 11 is 0. The molecule has 1 heterocycles. The molecule has 0 saturated carbocycles. The van der Waals surface area contributed by atoms with Crippen LogP contribution in [-0.2, 0) is 14.3 Å². The number of hydrogen-bond acceptors (Lipinski definition) is 8. The molecular weight excluding hydrogens is 959 g/mol. The summed E-state index contributed by atoms with van der Waals surface area (Å²) < 4.78 is 11.4. The molecule has 0 bridgehead atoms. The molecule has 1 rings (SSSR count). The fourth-order valence-corrected chi connectivity index (χ4v) is 11.5. The minimum atomic E-state index is -1.55. The van der Waals surface area contributed by atoms with Crippen molar-refractivity contribution in [1.29, 1.82) is 0 Å². The topological polar surface area (TPSA) is 149 Å². The number of aliphatic hydroxyl groups excluding tert-OH is 5. The van der Waals surface area contributed by atoms with Gasteiger partial charge in [0.2, 0.25) is 5.91 Å². The van der Waals surface area contributed by atoms with Crippen molar-refractivity contribution in [1.82, 2.24) is 5.32 Å². The highest BCUT2D eigenvalue weighted by Crippen LogP contribution is 2.24. The molecule has 0 spiro atoms. The molecule has 0 radical (unpaired) electrons. The third kappa shape index (κ3) is 47.2. The Morgan fingerprint density at radius 2 is 0.727 bits per heavy atom. The van der Waals surface area contributed by atoms with Gasteiger partial charge in [-0.15, -0.1) is 0 Å². The number of amides is 1. The summed E-state index contributed by atoms with van der Waals surface area (Å²) in [5.41, 5.74) is 0. The molecule has 9 nitrogen and oxygen atoms in total. The van der Waals surface area contributed by atoms with Crippen molar-refractivity contribution < 1.29 is 39.8 Å². The minimum absolute atomic E-state index is 0.132. The molecule has 1 fully saturated rings. The van der Waals surface area contributed by atoms with Gasteiger partial charge in [-0.2, -0.15) is 0 Å². The van der Waals surface area contributed by atoms with Crippen LogP contribution in [0.3, 0.4) is 0 Å². The predicted molar refractivity (Wildman–Crippen MR) is 327 cm³/mol. The van der Waals surface area contributed by atoms with E-state index in [0.717, 1.165) is 38.5 Å². The van der Waals surface area contributed by atoms with Crippen LogP contribution in [0.2, 0.25) is 0 Å². The van der Waals surface area contributed by atoms with E-state index >= 15 is 0 Å². The number of carbonyl (C=O) groups excluding carboxylic acids is 1. The number of ether oxygens (including phenoxy) is 2. The molecule has 0 aromatic rings. The van der Waals surface area contributed by atoms with E-state index in [0.29, 0.717) is 12.8 Å². The van der Waals surface area contributed by atoms with Gasteiger partial charge in [0.15, 0.2) is 6.29 Å². The second-order valence-electron chi connectivity index (χ2n) is 24.3. The molecule has 458 valence electrons. The van der Waals surface area contributed by atoms with Gasteiger partial charge in [0, 0.05) is 6.42 Å². The van der Waals surface area contributed by atoms with Gasteiger partial charge in [-0.05, 0) is 38.5 Å². The van der Waals surface area contributed by atoms with Crippen molar-refractivity contribution in [2.45, 2.75) is 403 Å². The maximum absolute atomic E-state index is 13.1. The highest BCUT2D eigenvalue weighted by Gasteiger charge is 2.44. The Morgan fingerprint density at radius 1 is 0.429 bits per heavy atom. The van der Waals surface area contributed by atoms with Crippen molar-refractivity contribution in [3.63, 3.8) is 0 Å². The third-order valence-corrected chi connectivity index (χ3v) is 16.9. The summed E-state index contributed by atoms with van der Waals surface area (Å²) in [6, 6.07) is -0.716. The number of allylic oxidation sites excluding steroid dienone is 2. The van der Waals surface area contributed by atoms with Gasteiger partial charge in [0.05, 0.1) is 25.4 Å². The quantitative estimate of drug-likeness (QED) is 0.0261. The minimum Gasteiger partial charge on any atom is -0.394 e. The number of aliphatic hydroxyl groups is 5. The molecule has 1 amide bonds. The van der Waals surface area contributed by atoms with E-state index in [4.69, 9.17) is 9.47 Å². The average molecular weight is 1090 g/mol. The van der Waals surface area contributed by atoms with E-state index < -0.39 is 49.5 Å². The molecule has 7 atom stereocenters. The standard InChI is InChI=1S/C68H133NO8/c1-3-5-7-9-11-13-15-17-19-21-23-24-25-26-27-28-29-30-31-32-33-34-35-36-37-38-40-42-44-46-48-50-52-54-56-58-64(72)69-61(60-76-68-67(75)66(74)65(73)63(59-70)77-68)62(71)57-55-53-51-49-47-45-43-41-39-22-20-18-16-14-12-10-8-6-4-2/h21,23,61-63,65-68,70-71,73-75H,3-20,22,24-60H2,1-2H3,(H,69,72)/b23-21-. The first kappa shape index (κ1) is 73.9. The van der Waals surface area contributed by atoms with Gasteiger partial charge < -0.3 is 40.3 Å². The van der Waals surface area contributed by atoms with Crippen LogP contribution in [0.4, 0.5) is 0 Å². The van der Waals surface area contributed by atoms with E-state index in [1.165, 1.54) is 295 Å². The molecule has 7 unspecified atom stereocenters. The SMILES string of the molecule is CCCCCCCCCC/C=C\CCCCCCCCCCCCCCCCCCCCCCCCCC(=O)NC(COC1OC(CO)C(O)C(O)C1O)C(O)CCCCCCCCCCCCCCCCCCCCC. The van der Waals surface area contributed by atoms with Crippen LogP contribution in [0.1, 0.15) is 361 Å². The molecular formula is C68H133NO8. The lowest BCUT2D eigenvalue weighted by atomic mass is 9.99. The monoisotopic (exact) mass is 1090 g/mol. The highest BCUT2D eigenvalue weighted by molar-refractivity contribution is 5.76. The summed E-state index contributed by atoms with van der Waals surface area (Å²) in [7, 11) is 0. The van der Waals surface area contributed by atoms with Crippen LogP contribution in [-0.4, -0.2) is 87.5 Å². The number of rotatable bonds is 61. The first-order valence-corrected chi connectivity index (χ1v) is 34.4. The Hall–Kier alpha value is -1.07.